The lowest BCUT2D eigenvalue weighted by Crippen LogP contribution is -2.75. The lowest BCUT2D eigenvalue weighted by Gasteiger charge is -2.43. The first-order chi connectivity index (χ1) is 25.7. The van der Waals surface area contributed by atoms with Crippen LogP contribution in [-0.4, -0.2) is 72.5 Å². The molecule has 4 aromatic rings. The molecule has 0 radical (unpaired) electrons. The van der Waals surface area contributed by atoms with Gasteiger partial charge >= 0.3 is 59.3 Å². The van der Waals surface area contributed by atoms with Crippen LogP contribution in [0.25, 0.3) is 22.3 Å². The lowest BCUT2D eigenvalue weighted by molar-refractivity contribution is -0.454. The summed E-state index contributed by atoms with van der Waals surface area (Å²) in [4.78, 5) is 24.2. The Kier molecular flexibility index (Phi) is 11.6. The summed E-state index contributed by atoms with van der Waals surface area (Å²) in [5.41, 5.74) is 0.370. The SMILES string of the molecule is O=C(OCC(F)(F)C(F)(F)C(F)(F)C(F)(F)C(F)(F)C(F)(F)C(F)(F)C(F)(F)COC(=O)c1ccc(-c2ccccc2)cc1)c1ccc(-c2ccccc2)cc1. The number of benzene rings is 4. The molecule has 4 rings (SSSR count). The number of hydrogen-bond acceptors (Lipinski definition) is 4. The summed E-state index contributed by atoms with van der Waals surface area (Å²) in [6, 6.07) is 23.9. The largest absolute Gasteiger partial charge is 0.455 e. The van der Waals surface area contributed by atoms with Crippen LogP contribution in [0.4, 0.5) is 70.2 Å². The van der Waals surface area contributed by atoms with E-state index >= 15 is 0 Å². The molecule has 0 atom stereocenters. The predicted molar refractivity (Wildman–Crippen MR) is 164 cm³/mol. The van der Waals surface area contributed by atoms with Gasteiger partial charge in [-0.3, -0.25) is 0 Å². The van der Waals surface area contributed by atoms with Gasteiger partial charge in [0.1, 0.15) is 0 Å². The van der Waals surface area contributed by atoms with E-state index in [9.17, 15) is 79.8 Å². The minimum absolute atomic E-state index is 0.382. The van der Waals surface area contributed by atoms with E-state index in [0.29, 0.717) is 22.3 Å². The van der Waals surface area contributed by atoms with Crippen molar-refractivity contribution in [3.05, 3.63) is 120 Å². The van der Waals surface area contributed by atoms with Gasteiger partial charge in [0.15, 0.2) is 13.2 Å². The van der Waals surface area contributed by atoms with Crippen LogP contribution in [0.2, 0.25) is 0 Å². The Hall–Kier alpha value is -5.30. The first-order valence-corrected chi connectivity index (χ1v) is 15.3. The quantitative estimate of drug-likeness (QED) is 0.0885. The van der Waals surface area contributed by atoms with E-state index in [4.69, 9.17) is 0 Å². The monoisotopic (exact) mass is 822 g/mol. The summed E-state index contributed by atoms with van der Waals surface area (Å²) in [6.45, 7) is -6.61. The molecule has 302 valence electrons. The van der Waals surface area contributed by atoms with Gasteiger partial charge < -0.3 is 9.47 Å². The van der Waals surface area contributed by atoms with Gasteiger partial charge in [-0.25, -0.2) is 9.59 Å². The van der Waals surface area contributed by atoms with Crippen LogP contribution < -0.4 is 0 Å². The average molecular weight is 823 g/mol. The van der Waals surface area contributed by atoms with Crippen LogP contribution in [0.3, 0.4) is 0 Å². The van der Waals surface area contributed by atoms with Crippen LogP contribution >= 0.6 is 0 Å². The zero-order valence-corrected chi connectivity index (χ0v) is 27.5. The fourth-order valence-electron chi connectivity index (χ4n) is 4.77. The van der Waals surface area contributed by atoms with E-state index in [1.807, 2.05) is 0 Å². The molecule has 0 heterocycles. The van der Waals surface area contributed by atoms with Gasteiger partial charge in [-0.15, -0.1) is 0 Å². The predicted octanol–water partition coefficient (Wildman–Crippen LogP) is 11.1. The third-order valence-corrected chi connectivity index (χ3v) is 8.11. The molecule has 0 bridgehead atoms. The minimum Gasteiger partial charge on any atom is -0.455 e. The topological polar surface area (TPSA) is 52.6 Å². The third-order valence-electron chi connectivity index (χ3n) is 8.11. The van der Waals surface area contributed by atoms with Crippen LogP contribution in [0, 0.1) is 0 Å². The Balaban J connectivity index is 1.49. The summed E-state index contributed by atoms with van der Waals surface area (Å²) in [5.74, 6) is -67.9. The van der Waals surface area contributed by atoms with E-state index in [-0.39, 0.29) is 0 Å². The molecule has 0 aliphatic carbocycles. The standard InChI is InChI=1S/C36H22F16O4/c37-29(38,19-55-27(53)25-15-11-23(12-16-25)21-7-3-1-4-8-21)31(41,42)33(45,46)35(49,50)36(51,52)34(47,48)32(43,44)30(39,40)20-56-28(54)26-17-13-24(14-18-26)22-9-5-2-6-10-22/h1-18H,19-20H2. The van der Waals surface area contributed by atoms with Crippen molar-refractivity contribution >= 4 is 11.9 Å². The average Bonchev–Trinajstić information content (AvgIpc) is 3.16. The highest BCUT2D eigenvalue weighted by atomic mass is 19.4. The number of esters is 2. The minimum atomic E-state index is -8.69. The van der Waals surface area contributed by atoms with E-state index in [1.165, 1.54) is 0 Å². The molecule has 0 amide bonds. The van der Waals surface area contributed by atoms with Crippen LogP contribution in [0.5, 0.6) is 0 Å². The highest BCUT2D eigenvalue weighted by Crippen LogP contribution is 2.63. The number of halogens is 16. The van der Waals surface area contributed by atoms with Crippen molar-refractivity contribution in [1.82, 2.24) is 0 Å². The molecule has 0 fully saturated rings. The normalized spacial score (nSPS) is 13.6. The molecule has 0 aliphatic rings. The van der Waals surface area contributed by atoms with Crippen LogP contribution in [0.15, 0.2) is 109 Å². The number of hydrogen-bond donors (Lipinski definition) is 0. The molecule has 56 heavy (non-hydrogen) atoms. The molecule has 0 saturated carbocycles. The Bertz CT molecular complexity index is 1840. The molecule has 4 nitrogen and oxygen atoms in total. The van der Waals surface area contributed by atoms with Crippen molar-refractivity contribution in [2.75, 3.05) is 13.2 Å². The van der Waals surface area contributed by atoms with Crippen molar-refractivity contribution < 1.29 is 89.3 Å². The van der Waals surface area contributed by atoms with Crippen molar-refractivity contribution in [2.45, 2.75) is 47.4 Å². The van der Waals surface area contributed by atoms with Gasteiger partial charge in [-0.1, -0.05) is 84.9 Å². The fraction of sp³-hybridized carbons (Fsp3) is 0.278. The Morgan fingerprint density at radius 2 is 0.571 bits per heavy atom. The molecular weight excluding hydrogens is 800 g/mol. The molecule has 0 aliphatic heterocycles. The Labute approximate surface area is 304 Å². The van der Waals surface area contributed by atoms with E-state index < -0.39 is 83.7 Å². The highest BCUT2D eigenvalue weighted by Gasteiger charge is 2.95. The molecule has 4 aromatic carbocycles. The Morgan fingerprint density at radius 3 is 0.839 bits per heavy atom. The molecule has 0 spiro atoms. The summed E-state index contributed by atoms with van der Waals surface area (Å²) in [6.07, 6.45) is 0. The van der Waals surface area contributed by atoms with Crippen LogP contribution in [0.1, 0.15) is 20.7 Å². The maximum atomic E-state index is 14.4. The maximum Gasteiger partial charge on any atom is 0.385 e. The second kappa shape index (κ2) is 15.0. The fourth-order valence-corrected chi connectivity index (χ4v) is 4.77. The highest BCUT2D eigenvalue weighted by molar-refractivity contribution is 5.90. The summed E-state index contributed by atoms with van der Waals surface area (Å²) in [5, 5.41) is 0. The third kappa shape index (κ3) is 7.48. The second-order valence-electron chi connectivity index (χ2n) is 11.9. The summed E-state index contributed by atoms with van der Waals surface area (Å²) in [7, 11) is 0. The van der Waals surface area contributed by atoms with E-state index in [0.717, 1.165) is 48.5 Å². The smallest absolute Gasteiger partial charge is 0.385 e. The van der Waals surface area contributed by atoms with Crippen molar-refractivity contribution in [3.63, 3.8) is 0 Å². The maximum absolute atomic E-state index is 14.4. The summed E-state index contributed by atoms with van der Waals surface area (Å²) < 4.78 is 237. The van der Waals surface area contributed by atoms with Gasteiger partial charge in [0.25, 0.3) is 0 Å². The molecule has 0 N–H and O–H groups in total. The molecule has 0 saturated heterocycles. The van der Waals surface area contributed by atoms with Gasteiger partial charge in [0.2, 0.25) is 0 Å². The van der Waals surface area contributed by atoms with Gasteiger partial charge in [0.05, 0.1) is 11.1 Å². The van der Waals surface area contributed by atoms with Crippen molar-refractivity contribution in [1.29, 1.82) is 0 Å². The number of carbonyl (C=O) groups excluding carboxylic acids is 2. The Morgan fingerprint density at radius 1 is 0.339 bits per heavy atom. The van der Waals surface area contributed by atoms with Crippen LogP contribution in [-0.2, 0) is 9.47 Å². The number of alkyl halides is 16. The van der Waals surface area contributed by atoms with Gasteiger partial charge in [-0.05, 0) is 46.5 Å². The first-order valence-electron chi connectivity index (χ1n) is 15.3. The first kappa shape index (κ1) is 43.4. The van der Waals surface area contributed by atoms with Gasteiger partial charge in [0, 0.05) is 0 Å². The molecule has 0 unspecified atom stereocenters. The van der Waals surface area contributed by atoms with Crippen molar-refractivity contribution in [2.24, 2.45) is 0 Å². The zero-order chi connectivity index (χ0) is 42.2. The molecule has 20 heteroatoms. The van der Waals surface area contributed by atoms with E-state index in [2.05, 4.69) is 9.47 Å². The number of rotatable bonds is 15. The summed E-state index contributed by atoms with van der Waals surface area (Å²) >= 11 is 0. The zero-order valence-electron chi connectivity index (χ0n) is 27.5. The molecule has 0 aromatic heterocycles. The lowest BCUT2D eigenvalue weighted by atomic mass is 9.88. The number of ether oxygens (including phenoxy) is 2. The van der Waals surface area contributed by atoms with Crippen molar-refractivity contribution in [3.8, 4) is 22.3 Å². The molecular formula is C36H22F16O4. The van der Waals surface area contributed by atoms with Gasteiger partial charge in [-0.2, -0.15) is 70.2 Å². The van der Waals surface area contributed by atoms with E-state index in [1.54, 1.807) is 60.7 Å². The number of carbonyl (C=O) groups is 2. The second-order valence-corrected chi connectivity index (χ2v) is 11.9.